The van der Waals surface area contributed by atoms with Gasteiger partial charge >= 0.3 is 29.5 Å². The Kier molecular flexibility index (Phi) is 11.0. The number of hydrogen-bond donors (Lipinski definition) is 0. The van der Waals surface area contributed by atoms with E-state index in [1.165, 1.54) is 19.1 Å². The van der Waals surface area contributed by atoms with Crippen molar-refractivity contribution in [2.45, 2.75) is 85.3 Å². The lowest BCUT2D eigenvalue weighted by atomic mass is 9.98. The van der Waals surface area contributed by atoms with Gasteiger partial charge in [-0.2, -0.15) is 0 Å². The maximum Gasteiger partial charge on any atom is 0.384 e. The summed E-state index contributed by atoms with van der Waals surface area (Å²) >= 11 is 0. The minimum atomic E-state index is -1.64. The Morgan fingerprint density at radius 3 is 2.09 bits per heavy atom. The molecule has 3 rings (SSSR count). The predicted molar refractivity (Wildman–Crippen MR) is 145 cm³/mol. The van der Waals surface area contributed by atoms with Crippen molar-refractivity contribution < 1.29 is 61.5 Å². The Bertz CT molecular complexity index is 1480. The van der Waals surface area contributed by atoms with Crippen LogP contribution in [0, 0.1) is 12.0 Å². The molecule has 1 fully saturated rings. The van der Waals surface area contributed by atoms with Gasteiger partial charge in [0.15, 0.2) is 18.0 Å². The second-order valence-corrected chi connectivity index (χ2v) is 9.51. The van der Waals surface area contributed by atoms with Crippen LogP contribution in [0.1, 0.15) is 48.5 Å². The van der Waals surface area contributed by atoms with Crippen LogP contribution in [0.3, 0.4) is 0 Å². The molecular formula is C29H32O14. The van der Waals surface area contributed by atoms with E-state index in [1.807, 2.05) is 13.8 Å². The number of ether oxygens (including phenoxy) is 8. The fraction of sp³-hybridized carbons (Fsp3) is 0.483. The minimum Gasteiger partial charge on any atom is -0.491 e. The molecule has 0 N–H and O–H groups in total. The lowest BCUT2D eigenvalue weighted by Gasteiger charge is -2.43. The zero-order chi connectivity index (χ0) is 31.8. The van der Waals surface area contributed by atoms with Gasteiger partial charge in [0, 0.05) is 40.7 Å². The largest absolute Gasteiger partial charge is 0.491 e. The quantitative estimate of drug-likeness (QED) is 0.167. The molecule has 0 unspecified atom stereocenters. The van der Waals surface area contributed by atoms with E-state index in [9.17, 15) is 24.0 Å². The first kappa shape index (κ1) is 32.7. The van der Waals surface area contributed by atoms with E-state index in [-0.39, 0.29) is 22.8 Å². The summed E-state index contributed by atoms with van der Waals surface area (Å²) in [5.41, 5.74) is -0.932. The van der Waals surface area contributed by atoms with Crippen molar-refractivity contribution in [3.05, 3.63) is 28.6 Å². The Labute approximate surface area is 246 Å². The summed E-state index contributed by atoms with van der Waals surface area (Å²) in [4.78, 5) is 61.0. The van der Waals surface area contributed by atoms with Crippen molar-refractivity contribution in [3.63, 3.8) is 0 Å². The van der Waals surface area contributed by atoms with Crippen LogP contribution in [-0.4, -0.2) is 67.3 Å². The first-order valence-electron chi connectivity index (χ1n) is 13.1. The van der Waals surface area contributed by atoms with Gasteiger partial charge in [-0.1, -0.05) is 5.92 Å². The summed E-state index contributed by atoms with van der Waals surface area (Å²) in [6.07, 6.45) is -5.26. The summed E-state index contributed by atoms with van der Waals surface area (Å²) in [7, 11) is 0. The summed E-state index contributed by atoms with van der Waals surface area (Å²) in [5, 5.41) is 0.205. The van der Waals surface area contributed by atoms with Crippen LogP contribution in [0.5, 0.6) is 17.2 Å². The second-order valence-electron chi connectivity index (χ2n) is 9.51. The summed E-state index contributed by atoms with van der Waals surface area (Å²) < 4.78 is 50.0. The van der Waals surface area contributed by atoms with Crippen molar-refractivity contribution in [1.29, 1.82) is 0 Å². The average Bonchev–Trinajstić information content (AvgIpc) is 2.89. The Morgan fingerprint density at radius 1 is 0.884 bits per heavy atom. The summed E-state index contributed by atoms with van der Waals surface area (Å²) in [6, 6.07) is 4.59. The number of hydrogen-bond acceptors (Lipinski definition) is 14. The highest BCUT2D eigenvalue weighted by atomic mass is 16.7. The molecule has 0 radical (unpaired) electrons. The topological polar surface area (TPSA) is 172 Å². The van der Waals surface area contributed by atoms with Gasteiger partial charge in [0.1, 0.15) is 30.1 Å². The van der Waals surface area contributed by atoms with Crippen LogP contribution in [0.25, 0.3) is 11.0 Å². The van der Waals surface area contributed by atoms with Gasteiger partial charge in [0.2, 0.25) is 12.4 Å². The molecule has 1 aromatic carbocycles. The summed E-state index contributed by atoms with van der Waals surface area (Å²) in [5.74, 6) is -0.944. The Morgan fingerprint density at radius 2 is 1.51 bits per heavy atom. The first-order valence-corrected chi connectivity index (χ1v) is 13.1. The third-order valence-electron chi connectivity index (χ3n) is 5.60. The van der Waals surface area contributed by atoms with Crippen LogP contribution in [-0.2, 0) is 42.9 Å². The van der Waals surface area contributed by atoms with Crippen LogP contribution >= 0.6 is 0 Å². The normalized spacial score (nSPS) is 21.2. The molecule has 5 atom stereocenters. The van der Waals surface area contributed by atoms with E-state index < -0.39 is 72.6 Å². The molecule has 1 aliphatic rings. The highest BCUT2D eigenvalue weighted by Gasteiger charge is 2.53. The van der Waals surface area contributed by atoms with Gasteiger partial charge < -0.3 is 42.3 Å². The van der Waals surface area contributed by atoms with Gasteiger partial charge in [-0.3, -0.25) is 19.2 Å². The van der Waals surface area contributed by atoms with E-state index >= 15 is 0 Å². The molecular weight excluding hydrogens is 572 g/mol. The van der Waals surface area contributed by atoms with Crippen molar-refractivity contribution in [2.75, 3.05) is 6.61 Å². The average molecular weight is 605 g/mol. The number of benzene rings is 1. The third kappa shape index (κ3) is 8.62. The molecule has 1 aromatic heterocycles. The number of carbonyl (C=O) groups excluding carboxylic acids is 4. The van der Waals surface area contributed by atoms with Crippen LogP contribution in [0.2, 0.25) is 0 Å². The molecule has 2 aromatic rings. The molecule has 14 heteroatoms. The maximum absolute atomic E-state index is 13.0. The SMILES string of the molecule is CC#COc1c(O[C@@H]2O[C@H](COC(C)=O)[C@H](OC(C)=O)[C@H](OC(C)=O)[C@H]2OC(C)=O)c2ccc(OC(C)C)cc2oc1=O. The van der Waals surface area contributed by atoms with Gasteiger partial charge in [0.05, 0.1) is 11.5 Å². The van der Waals surface area contributed by atoms with E-state index in [4.69, 9.17) is 42.3 Å². The smallest absolute Gasteiger partial charge is 0.384 e. The predicted octanol–water partition coefficient (Wildman–Crippen LogP) is 2.40. The van der Waals surface area contributed by atoms with E-state index in [1.54, 1.807) is 6.07 Å². The zero-order valence-electron chi connectivity index (χ0n) is 24.6. The number of carbonyl (C=O) groups is 4. The molecule has 2 heterocycles. The van der Waals surface area contributed by atoms with Crippen molar-refractivity contribution in [1.82, 2.24) is 0 Å². The minimum absolute atomic E-state index is 0.0422. The highest BCUT2D eigenvalue weighted by Crippen LogP contribution is 2.38. The molecule has 232 valence electrons. The Balaban J connectivity index is 2.21. The number of rotatable bonds is 10. The lowest BCUT2D eigenvalue weighted by molar-refractivity contribution is -0.288. The van der Waals surface area contributed by atoms with Gasteiger partial charge in [0.25, 0.3) is 5.75 Å². The van der Waals surface area contributed by atoms with Crippen LogP contribution in [0.4, 0.5) is 0 Å². The van der Waals surface area contributed by atoms with E-state index in [0.29, 0.717) is 5.75 Å². The van der Waals surface area contributed by atoms with Crippen molar-refractivity contribution >= 4 is 34.8 Å². The monoisotopic (exact) mass is 604 g/mol. The molecule has 0 saturated carbocycles. The fourth-order valence-electron chi connectivity index (χ4n) is 4.19. The molecule has 0 amide bonds. The molecule has 14 nitrogen and oxygen atoms in total. The molecule has 43 heavy (non-hydrogen) atoms. The van der Waals surface area contributed by atoms with Gasteiger partial charge in [-0.15, -0.1) is 0 Å². The highest BCUT2D eigenvalue weighted by molar-refractivity contribution is 5.87. The second kappa shape index (κ2) is 14.4. The van der Waals surface area contributed by atoms with Crippen LogP contribution < -0.4 is 19.8 Å². The molecule has 0 aliphatic carbocycles. The van der Waals surface area contributed by atoms with Crippen molar-refractivity contribution in [2.24, 2.45) is 0 Å². The fourth-order valence-corrected chi connectivity index (χ4v) is 4.19. The van der Waals surface area contributed by atoms with Crippen LogP contribution in [0.15, 0.2) is 27.4 Å². The van der Waals surface area contributed by atoms with E-state index in [0.717, 1.165) is 27.7 Å². The molecule has 1 aliphatic heterocycles. The standard InChI is InChI=1S/C29H32O14/c1-8-11-35-26-23(20-10-9-19(37-14(2)3)12-21(20)41-28(26)34)43-29-27(40-18(7)33)25(39-17(6)32)24(38-16(5)31)22(42-29)13-36-15(4)30/h9-10,12,14,22,24-25,27,29H,13H2,1-7H3/t22-,24+,25+,27-,29+/m1/s1. The molecule has 0 bridgehead atoms. The first-order chi connectivity index (χ1) is 20.3. The Hall–Kier alpha value is -4.77. The molecule has 1 saturated heterocycles. The molecule has 0 spiro atoms. The maximum atomic E-state index is 13.0. The third-order valence-corrected chi connectivity index (χ3v) is 5.60. The lowest BCUT2D eigenvalue weighted by Crippen LogP contribution is -2.63. The van der Waals surface area contributed by atoms with Gasteiger partial charge in [-0.05, 0) is 26.0 Å². The number of fused-ring (bicyclic) bond motifs is 1. The van der Waals surface area contributed by atoms with E-state index in [2.05, 4.69) is 12.0 Å². The van der Waals surface area contributed by atoms with Gasteiger partial charge in [-0.25, -0.2) is 4.79 Å². The summed E-state index contributed by atoms with van der Waals surface area (Å²) in [6.45, 7) is 9.05. The van der Waals surface area contributed by atoms with Crippen molar-refractivity contribution in [3.8, 4) is 29.3 Å². The number of esters is 4. The zero-order valence-corrected chi connectivity index (χ0v) is 24.6.